The smallest absolute Gasteiger partial charge is 0.0398 e. The van der Waals surface area contributed by atoms with E-state index in [1.165, 1.54) is 17.5 Å². The molecule has 0 aliphatic rings. The van der Waals surface area contributed by atoms with Gasteiger partial charge in [0.1, 0.15) is 0 Å². The largest absolute Gasteiger partial charge is 0.0683 e. The normalized spacial score (nSPS) is 7.54. The summed E-state index contributed by atoms with van der Waals surface area (Å²) in [6.45, 7) is 12.4. The topological polar surface area (TPSA) is 0 Å². The molecule has 0 heteroatoms. The van der Waals surface area contributed by atoms with Crippen LogP contribution in [0, 0.1) is 13.8 Å². The lowest BCUT2D eigenvalue weighted by molar-refractivity contribution is 1.09. The minimum absolute atomic E-state index is 1.25. The van der Waals surface area contributed by atoms with Crippen molar-refractivity contribution in [3.8, 4) is 0 Å². The van der Waals surface area contributed by atoms with Crippen LogP contribution in [0.2, 0.25) is 0 Å². The first-order valence-corrected chi connectivity index (χ1v) is 5.24. The van der Waals surface area contributed by atoms with Gasteiger partial charge in [-0.25, -0.2) is 0 Å². The van der Waals surface area contributed by atoms with Gasteiger partial charge in [0.2, 0.25) is 0 Å². The van der Waals surface area contributed by atoms with Gasteiger partial charge in [0.25, 0.3) is 0 Å². The van der Waals surface area contributed by atoms with Crippen molar-refractivity contribution in [2.45, 2.75) is 48.0 Å². The van der Waals surface area contributed by atoms with Crippen LogP contribution in [-0.2, 0) is 0 Å². The molecule has 0 aromatic heterocycles. The van der Waals surface area contributed by atoms with Crippen molar-refractivity contribution >= 4 is 0 Å². The van der Waals surface area contributed by atoms with E-state index < -0.39 is 0 Å². The Kier molecular flexibility index (Phi) is 12.7. The molecule has 0 saturated heterocycles. The van der Waals surface area contributed by atoms with Crippen LogP contribution >= 0.6 is 0 Å². The lowest BCUT2D eigenvalue weighted by Crippen LogP contribution is -1.70. The molecule has 0 N–H and O–H groups in total. The van der Waals surface area contributed by atoms with E-state index in [2.05, 4.69) is 52.0 Å². The van der Waals surface area contributed by atoms with Crippen LogP contribution in [0.15, 0.2) is 24.3 Å². The number of rotatable bonds is 0. The Morgan fingerprint density at radius 2 is 0.923 bits per heavy atom. The maximum absolute atomic E-state index is 2.12. The minimum atomic E-state index is 1.25. The molecule has 0 heterocycles. The summed E-state index contributed by atoms with van der Waals surface area (Å²) in [4.78, 5) is 0. The van der Waals surface area contributed by atoms with Gasteiger partial charge in [0.05, 0.1) is 0 Å². The van der Waals surface area contributed by atoms with Crippen molar-refractivity contribution in [1.82, 2.24) is 0 Å². The van der Waals surface area contributed by atoms with Gasteiger partial charge in [0, 0.05) is 0 Å². The van der Waals surface area contributed by atoms with E-state index in [4.69, 9.17) is 0 Å². The monoisotopic (exact) mass is 180 g/mol. The van der Waals surface area contributed by atoms with Gasteiger partial charge in [-0.15, -0.1) is 0 Å². The van der Waals surface area contributed by atoms with E-state index in [-0.39, 0.29) is 0 Å². The van der Waals surface area contributed by atoms with Crippen LogP contribution < -0.4 is 0 Å². The molecule has 1 rings (SSSR count). The summed E-state index contributed by atoms with van der Waals surface area (Å²) in [5.41, 5.74) is 2.66. The van der Waals surface area contributed by atoms with E-state index in [1.807, 2.05) is 13.8 Å². The second-order valence-corrected chi connectivity index (χ2v) is 2.86. The molecule has 0 fully saturated rings. The van der Waals surface area contributed by atoms with Gasteiger partial charge in [0.15, 0.2) is 0 Å². The highest BCUT2D eigenvalue weighted by Crippen LogP contribution is 1.99. The highest BCUT2D eigenvalue weighted by molar-refractivity contribution is 5.19. The van der Waals surface area contributed by atoms with E-state index in [0.717, 1.165) is 0 Å². The summed E-state index contributed by atoms with van der Waals surface area (Å²) in [7, 11) is 0. The highest BCUT2D eigenvalue weighted by atomic mass is 13.9. The molecule has 1 aromatic carbocycles. The Bertz CT molecular complexity index is 151. The predicted molar refractivity (Wildman–Crippen MR) is 63.2 cm³/mol. The zero-order valence-electron chi connectivity index (χ0n) is 10.0. The minimum Gasteiger partial charge on any atom is -0.0683 e. The van der Waals surface area contributed by atoms with Crippen LogP contribution in [0.4, 0.5) is 0 Å². The van der Waals surface area contributed by atoms with E-state index in [9.17, 15) is 0 Å². The molecule has 0 nitrogen and oxygen atoms in total. The average Bonchev–Trinajstić information content (AvgIpc) is 2.15. The Labute approximate surface area is 84.0 Å². The lowest BCUT2D eigenvalue weighted by Gasteiger charge is -1.90. The molecule has 0 radical (unpaired) electrons. The van der Waals surface area contributed by atoms with Crippen molar-refractivity contribution in [3.05, 3.63) is 35.4 Å². The van der Waals surface area contributed by atoms with E-state index >= 15 is 0 Å². The third-order valence-electron chi connectivity index (χ3n) is 1.22. The van der Waals surface area contributed by atoms with Crippen LogP contribution in [0.25, 0.3) is 0 Å². The fraction of sp³-hybridized carbons (Fsp3) is 0.538. The molecule has 0 atom stereocenters. The quantitative estimate of drug-likeness (QED) is 0.540. The molecular formula is C13H24. The van der Waals surface area contributed by atoms with Gasteiger partial charge in [-0.1, -0.05) is 69.5 Å². The molecule has 0 unspecified atom stereocenters. The van der Waals surface area contributed by atoms with Crippen molar-refractivity contribution < 1.29 is 0 Å². The van der Waals surface area contributed by atoms with Gasteiger partial charge in [-0.3, -0.25) is 0 Å². The maximum atomic E-state index is 2.12. The number of aryl methyl sites for hydroxylation is 2. The average molecular weight is 180 g/mol. The molecule has 0 amide bonds. The molecule has 0 aliphatic heterocycles. The first-order valence-electron chi connectivity index (χ1n) is 5.24. The summed E-state index contributed by atoms with van der Waals surface area (Å²) in [5, 5.41) is 0. The Morgan fingerprint density at radius 1 is 0.769 bits per heavy atom. The summed E-state index contributed by atoms with van der Waals surface area (Å²) >= 11 is 0. The maximum Gasteiger partial charge on any atom is -0.0398 e. The molecule has 0 bridgehead atoms. The SMILES string of the molecule is CC.CCC.Cc1ccc(C)cc1. The number of hydrogen-bond acceptors (Lipinski definition) is 0. The van der Waals surface area contributed by atoms with Crippen molar-refractivity contribution in [2.24, 2.45) is 0 Å². The van der Waals surface area contributed by atoms with Crippen molar-refractivity contribution in [1.29, 1.82) is 0 Å². The zero-order chi connectivity index (χ0) is 10.7. The Balaban J connectivity index is 0. The summed E-state index contributed by atoms with van der Waals surface area (Å²) in [5.74, 6) is 0. The van der Waals surface area contributed by atoms with Gasteiger partial charge < -0.3 is 0 Å². The van der Waals surface area contributed by atoms with Crippen molar-refractivity contribution in [2.75, 3.05) is 0 Å². The number of hydrogen-bond donors (Lipinski definition) is 0. The van der Waals surface area contributed by atoms with Crippen molar-refractivity contribution in [3.63, 3.8) is 0 Å². The van der Waals surface area contributed by atoms with Gasteiger partial charge in [-0.2, -0.15) is 0 Å². The lowest BCUT2D eigenvalue weighted by atomic mass is 10.2. The third kappa shape index (κ3) is 11.2. The summed E-state index contributed by atoms with van der Waals surface area (Å²) in [6, 6.07) is 8.48. The summed E-state index contributed by atoms with van der Waals surface area (Å²) in [6.07, 6.45) is 1.25. The zero-order valence-corrected chi connectivity index (χ0v) is 10.0. The Morgan fingerprint density at radius 3 is 1.08 bits per heavy atom. The fourth-order valence-corrected chi connectivity index (χ4v) is 0.637. The first-order chi connectivity index (χ1) is 6.20. The van der Waals surface area contributed by atoms with E-state index in [1.54, 1.807) is 0 Å². The van der Waals surface area contributed by atoms with E-state index in [0.29, 0.717) is 0 Å². The molecule has 1 aromatic rings. The molecule has 0 saturated carbocycles. The second kappa shape index (κ2) is 11.2. The molecule has 0 spiro atoms. The second-order valence-electron chi connectivity index (χ2n) is 2.86. The molecular weight excluding hydrogens is 156 g/mol. The number of benzene rings is 1. The van der Waals surface area contributed by atoms with Crippen LogP contribution in [0.1, 0.15) is 45.2 Å². The summed E-state index contributed by atoms with van der Waals surface area (Å²) < 4.78 is 0. The third-order valence-corrected chi connectivity index (χ3v) is 1.22. The standard InChI is InChI=1S/C8H10.C3H8.C2H6/c1-7-3-5-8(2)6-4-7;1-3-2;1-2/h3-6H,1-2H3;3H2,1-2H3;1-2H3. The highest BCUT2D eigenvalue weighted by Gasteiger charge is 1.79. The van der Waals surface area contributed by atoms with Gasteiger partial charge in [-0.05, 0) is 13.8 Å². The van der Waals surface area contributed by atoms with Crippen LogP contribution in [0.3, 0.4) is 0 Å². The first kappa shape index (κ1) is 14.7. The fourth-order valence-electron chi connectivity index (χ4n) is 0.637. The Hall–Kier alpha value is -0.780. The van der Waals surface area contributed by atoms with Crippen LogP contribution in [0.5, 0.6) is 0 Å². The van der Waals surface area contributed by atoms with Gasteiger partial charge >= 0.3 is 0 Å². The predicted octanol–water partition coefficient (Wildman–Crippen LogP) is 4.75. The molecule has 13 heavy (non-hydrogen) atoms. The molecule has 76 valence electrons. The van der Waals surface area contributed by atoms with Crippen LogP contribution in [-0.4, -0.2) is 0 Å². The molecule has 0 aliphatic carbocycles.